The van der Waals surface area contributed by atoms with Crippen LogP contribution in [0.4, 0.5) is 0 Å². The summed E-state index contributed by atoms with van der Waals surface area (Å²) in [5, 5.41) is 0. The number of hydrogen-bond acceptors (Lipinski definition) is 6. The van der Waals surface area contributed by atoms with E-state index in [-0.39, 0.29) is 49.6 Å². The van der Waals surface area contributed by atoms with Crippen LogP contribution in [0.5, 0.6) is 0 Å². The Hall–Kier alpha value is -0.560. The monoisotopic (exact) mass is 388 g/mol. The largest absolute Gasteiger partial charge is 0.464 e. The summed E-state index contributed by atoms with van der Waals surface area (Å²) in [4.78, 5) is 27.4. The van der Waals surface area contributed by atoms with E-state index in [1.54, 1.807) is 0 Å². The van der Waals surface area contributed by atoms with E-state index in [4.69, 9.17) is 9.47 Å². The molecule has 24 heavy (non-hydrogen) atoms. The third kappa shape index (κ3) is 15.0. The highest BCUT2D eigenvalue weighted by molar-refractivity contribution is 5.85. The summed E-state index contributed by atoms with van der Waals surface area (Å²) in [6.45, 7) is 14.2. The Labute approximate surface area is 159 Å². The summed E-state index contributed by atoms with van der Waals surface area (Å²) in [6, 6.07) is 0. The van der Waals surface area contributed by atoms with E-state index in [1.165, 1.54) is 0 Å². The Morgan fingerprint density at radius 3 is 1.21 bits per heavy atom. The number of likely N-dealkylation sites (N-methyl/N-ethyl adjacent to an activating group) is 2. The van der Waals surface area contributed by atoms with Crippen molar-refractivity contribution in [1.29, 1.82) is 0 Å². The highest BCUT2D eigenvalue weighted by Gasteiger charge is 2.10. The fraction of sp³-hybridized carbons (Fsp3) is 0.875. The van der Waals surface area contributed by atoms with Crippen molar-refractivity contribution in [2.45, 2.75) is 40.5 Å². The molecule has 0 N–H and O–H groups in total. The molecule has 0 atom stereocenters. The molecule has 0 saturated heterocycles. The molecule has 0 aliphatic rings. The van der Waals surface area contributed by atoms with Crippen LogP contribution in [-0.2, 0) is 19.1 Å². The van der Waals surface area contributed by atoms with Gasteiger partial charge in [0.2, 0.25) is 0 Å². The van der Waals surface area contributed by atoms with Gasteiger partial charge in [0, 0.05) is 13.1 Å². The van der Waals surface area contributed by atoms with Gasteiger partial charge in [-0.2, -0.15) is 0 Å². The van der Waals surface area contributed by atoms with Gasteiger partial charge in [0.1, 0.15) is 13.2 Å². The summed E-state index contributed by atoms with van der Waals surface area (Å²) < 4.78 is 10.2. The first kappa shape index (κ1) is 28.3. The van der Waals surface area contributed by atoms with Gasteiger partial charge in [0.05, 0.1) is 12.8 Å². The Kier molecular flexibility index (Phi) is 22.1. The third-order valence-electron chi connectivity index (χ3n) is 3.66. The van der Waals surface area contributed by atoms with E-state index in [9.17, 15) is 9.59 Å². The lowest BCUT2D eigenvalue weighted by Gasteiger charge is -2.18. The van der Waals surface area contributed by atoms with Crippen LogP contribution in [0.25, 0.3) is 0 Å². The second-order valence-corrected chi connectivity index (χ2v) is 4.99. The molecule has 0 unspecified atom stereocenters. The van der Waals surface area contributed by atoms with Crippen molar-refractivity contribution in [3.8, 4) is 0 Å². The summed E-state index contributed by atoms with van der Waals surface area (Å²) in [5.74, 6) is -0.680. The molecular formula is C16H34Cl2N2O4. The minimum atomic E-state index is -0.340. The van der Waals surface area contributed by atoms with Crippen molar-refractivity contribution in [1.82, 2.24) is 9.80 Å². The minimum absolute atomic E-state index is 0. The Balaban J connectivity index is -0.00000220. The maximum atomic E-state index is 11.5. The molecule has 0 fully saturated rings. The van der Waals surface area contributed by atoms with Crippen molar-refractivity contribution < 1.29 is 19.1 Å². The fourth-order valence-corrected chi connectivity index (χ4v) is 2.01. The quantitative estimate of drug-likeness (QED) is 0.451. The summed E-state index contributed by atoms with van der Waals surface area (Å²) >= 11 is 0. The molecule has 0 rings (SSSR count). The van der Waals surface area contributed by atoms with E-state index in [0.717, 1.165) is 39.3 Å². The minimum Gasteiger partial charge on any atom is -0.464 e. The lowest BCUT2D eigenvalue weighted by molar-refractivity contribution is -0.150. The van der Waals surface area contributed by atoms with Crippen LogP contribution in [0.1, 0.15) is 40.5 Å². The van der Waals surface area contributed by atoms with Gasteiger partial charge in [-0.3, -0.25) is 9.59 Å². The number of nitrogens with zero attached hydrogens (tertiary/aromatic N) is 2. The van der Waals surface area contributed by atoms with Crippen molar-refractivity contribution >= 4 is 36.8 Å². The Bertz CT molecular complexity index is 282. The normalized spacial score (nSPS) is 10.1. The van der Waals surface area contributed by atoms with E-state index in [1.807, 2.05) is 0 Å². The predicted octanol–water partition coefficient (Wildman–Crippen LogP) is 2.38. The first-order chi connectivity index (χ1) is 10.6. The average Bonchev–Trinajstić information content (AvgIpc) is 2.53. The van der Waals surface area contributed by atoms with Gasteiger partial charge >= 0.3 is 11.9 Å². The maximum Gasteiger partial charge on any atom is 0.306 e. The maximum absolute atomic E-state index is 11.5. The second-order valence-electron chi connectivity index (χ2n) is 4.99. The van der Waals surface area contributed by atoms with E-state index >= 15 is 0 Å². The van der Waals surface area contributed by atoms with Crippen LogP contribution < -0.4 is 0 Å². The molecule has 0 spiro atoms. The molecule has 0 aliphatic carbocycles. The zero-order valence-corrected chi connectivity index (χ0v) is 17.0. The molecule has 0 aromatic heterocycles. The predicted molar refractivity (Wildman–Crippen MR) is 101 cm³/mol. The lowest BCUT2D eigenvalue weighted by Crippen LogP contribution is -2.28. The number of hydrogen-bond donors (Lipinski definition) is 0. The molecule has 0 bridgehead atoms. The lowest BCUT2D eigenvalue weighted by atomic mass is 10.3. The molecule has 0 saturated carbocycles. The molecule has 0 amide bonds. The molecule has 146 valence electrons. The fourth-order valence-electron chi connectivity index (χ4n) is 2.01. The van der Waals surface area contributed by atoms with Crippen LogP contribution >= 0.6 is 24.8 Å². The Morgan fingerprint density at radius 2 is 0.958 bits per heavy atom. The van der Waals surface area contributed by atoms with Gasteiger partial charge in [0.15, 0.2) is 0 Å². The van der Waals surface area contributed by atoms with Gasteiger partial charge in [-0.15, -0.1) is 24.8 Å². The van der Waals surface area contributed by atoms with Crippen molar-refractivity contribution in [2.24, 2.45) is 0 Å². The number of esters is 2. The SMILES string of the molecule is CCN(CC)CCOC(=O)CCC(=O)OCCN(CC)CC.Cl.Cl. The van der Waals surface area contributed by atoms with Crippen molar-refractivity contribution in [3.05, 3.63) is 0 Å². The van der Waals surface area contributed by atoms with E-state index < -0.39 is 0 Å². The van der Waals surface area contributed by atoms with Crippen molar-refractivity contribution in [2.75, 3.05) is 52.5 Å². The molecular weight excluding hydrogens is 355 g/mol. The van der Waals surface area contributed by atoms with Crippen LogP contribution in [0.2, 0.25) is 0 Å². The Morgan fingerprint density at radius 1 is 0.667 bits per heavy atom. The van der Waals surface area contributed by atoms with Gasteiger partial charge < -0.3 is 19.3 Å². The second kappa shape index (κ2) is 18.8. The van der Waals surface area contributed by atoms with Gasteiger partial charge in [-0.05, 0) is 26.2 Å². The highest BCUT2D eigenvalue weighted by Crippen LogP contribution is 1.97. The number of halogens is 2. The topological polar surface area (TPSA) is 59.1 Å². The molecule has 6 nitrogen and oxygen atoms in total. The standard InChI is InChI=1S/C16H32N2O4.2ClH/c1-5-17(6-2)11-13-21-15(19)9-10-16(20)22-14-12-18(7-3)8-4;;/h5-14H2,1-4H3;2*1H. The number of rotatable bonds is 13. The number of ether oxygens (including phenoxy) is 2. The van der Waals surface area contributed by atoms with Crippen molar-refractivity contribution in [3.63, 3.8) is 0 Å². The summed E-state index contributed by atoms with van der Waals surface area (Å²) in [6.07, 6.45) is 0.171. The average molecular weight is 389 g/mol. The first-order valence-electron chi connectivity index (χ1n) is 8.33. The van der Waals surface area contributed by atoms with Gasteiger partial charge in [0.25, 0.3) is 0 Å². The van der Waals surface area contributed by atoms with Gasteiger partial charge in [-0.1, -0.05) is 27.7 Å². The molecule has 0 aromatic carbocycles. The molecule has 0 radical (unpaired) electrons. The first-order valence-corrected chi connectivity index (χ1v) is 8.33. The molecule has 0 aromatic rings. The molecule has 0 aliphatic heterocycles. The summed E-state index contributed by atoms with van der Waals surface area (Å²) in [7, 11) is 0. The number of carbonyl (C=O) groups is 2. The molecule has 0 heterocycles. The van der Waals surface area contributed by atoms with Crippen LogP contribution in [0.15, 0.2) is 0 Å². The van der Waals surface area contributed by atoms with Gasteiger partial charge in [-0.25, -0.2) is 0 Å². The third-order valence-corrected chi connectivity index (χ3v) is 3.66. The van der Waals surface area contributed by atoms with Crippen LogP contribution in [-0.4, -0.2) is 74.2 Å². The number of carbonyl (C=O) groups excluding carboxylic acids is 2. The zero-order chi connectivity index (χ0) is 16.8. The summed E-state index contributed by atoms with van der Waals surface area (Å²) in [5.41, 5.74) is 0. The van der Waals surface area contributed by atoms with Crippen LogP contribution in [0.3, 0.4) is 0 Å². The highest BCUT2D eigenvalue weighted by atomic mass is 35.5. The molecule has 8 heteroatoms. The van der Waals surface area contributed by atoms with E-state index in [0.29, 0.717) is 13.2 Å². The zero-order valence-electron chi connectivity index (χ0n) is 15.4. The smallest absolute Gasteiger partial charge is 0.306 e. The van der Waals surface area contributed by atoms with E-state index in [2.05, 4.69) is 37.5 Å². The van der Waals surface area contributed by atoms with Crippen LogP contribution in [0, 0.1) is 0 Å².